The van der Waals surface area contributed by atoms with E-state index in [0.29, 0.717) is 0 Å². The van der Waals surface area contributed by atoms with Crippen molar-refractivity contribution in [1.82, 2.24) is 4.98 Å². The number of aromatic nitrogens is 1. The van der Waals surface area contributed by atoms with Crippen LogP contribution in [-0.4, -0.2) is 16.2 Å². The predicted octanol–water partition coefficient (Wildman–Crippen LogP) is 3.51. The molecule has 1 aromatic carbocycles. The highest BCUT2D eigenvalue weighted by atomic mass is 32.1. The van der Waals surface area contributed by atoms with Gasteiger partial charge in [0.15, 0.2) is 5.13 Å². The van der Waals surface area contributed by atoms with E-state index in [9.17, 15) is 5.11 Å². The first-order valence-corrected chi connectivity index (χ1v) is 7.23. The quantitative estimate of drug-likeness (QED) is 0.855. The van der Waals surface area contributed by atoms with Gasteiger partial charge in [-0.05, 0) is 37.6 Å². The van der Waals surface area contributed by atoms with Gasteiger partial charge in [0.05, 0.1) is 12.7 Å². The molecule has 1 heterocycles. The van der Waals surface area contributed by atoms with Crippen molar-refractivity contribution in [2.24, 2.45) is 0 Å². The van der Waals surface area contributed by atoms with Crippen LogP contribution in [0.1, 0.15) is 25.0 Å². The van der Waals surface area contributed by atoms with Crippen LogP contribution in [0, 0.1) is 0 Å². The number of benzene rings is 1. The Morgan fingerprint density at radius 3 is 2.85 bits per heavy atom. The summed E-state index contributed by atoms with van der Waals surface area (Å²) >= 11 is 1.51. The number of aliphatic hydroxyl groups excluding tert-OH is 1. The Balaban J connectivity index is 2.23. The molecule has 0 aliphatic rings. The molecule has 0 saturated carbocycles. The van der Waals surface area contributed by atoms with Gasteiger partial charge in [-0.3, -0.25) is 0 Å². The molecule has 2 aromatic rings. The maximum Gasteiger partial charge on any atom is 0.187 e. The Morgan fingerprint density at radius 2 is 2.25 bits per heavy atom. The SMILES string of the molecule is C=C(Nc1nccs1)c1cc(CO)cc(OC(C)C)c1. The van der Waals surface area contributed by atoms with E-state index in [-0.39, 0.29) is 12.7 Å². The zero-order chi connectivity index (χ0) is 14.5. The number of rotatable bonds is 6. The van der Waals surface area contributed by atoms with Gasteiger partial charge in [0.2, 0.25) is 0 Å². The Kier molecular flexibility index (Phi) is 4.76. The van der Waals surface area contributed by atoms with E-state index in [1.165, 1.54) is 11.3 Å². The van der Waals surface area contributed by atoms with Gasteiger partial charge >= 0.3 is 0 Å². The van der Waals surface area contributed by atoms with Crippen molar-refractivity contribution in [2.75, 3.05) is 5.32 Å². The zero-order valence-electron chi connectivity index (χ0n) is 11.6. The van der Waals surface area contributed by atoms with Gasteiger partial charge in [-0.15, -0.1) is 11.3 Å². The summed E-state index contributed by atoms with van der Waals surface area (Å²) in [5.74, 6) is 0.726. The Bertz CT molecular complexity index is 580. The molecule has 5 heteroatoms. The highest BCUT2D eigenvalue weighted by Gasteiger charge is 2.07. The van der Waals surface area contributed by atoms with Gasteiger partial charge in [-0.1, -0.05) is 6.58 Å². The summed E-state index contributed by atoms with van der Waals surface area (Å²) in [6.07, 6.45) is 1.81. The van der Waals surface area contributed by atoms with E-state index in [1.54, 1.807) is 6.20 Å². The first-order chi connectivity index (χ1) is 9.58. The molecule has 0 amide bonds. The lowest BCUT2D eigenvalue weighted by Gasteiger charge is -2.14. The van der Waals surface area contributed by atoms with Crippen molar-refractivity contribution in [3.05, 3.63) is 47.5 Å². The average molecular weight is 290 g/mol. The molecule has 106 valence electrons. The van der Waals surface area contributed by atoms with Gasteiger partial charge in [-0.25, -0.2) is 4.98 Å². The van der Waals surface area contributed by atoms with Gasteiger partial charge in [0.1, 0.15) is 5.75 Å². The minimum atomic E-state index is -0.0349. The monoisotopic (exact) mass is 290 g/mol. The minimum absolute atomic E-state index is 0.0349. The molecule has 2 N–H and O–H groups in total. The third kappa shape index (κ3) is 3.82. The zero-order valence-corrected chi connectivity index (χ0v) is 12.4. The smallest absolute Gasteiger partial charge is 0.187 e. The number of hydrogen-bond acceptors (Lipinski definition) is 5. The molecule has 0 unspecified atom stereocenters. The van der Waals surface area contributed by atoms with Crippen molar-refractivity contribution in [1.29, 1.82) is 0 Å². The van der Waals surface area contributed by atoms with Crippen molar-refractivity contribution in [3.63, 3.8) is 0 Å². The molecular weight excluding hydrogens is 272 g/mol. The molecule has 0 aliphatic heterocycles. The van der Waals surface area contributed by atoms with Crippen LogP contribution in [0.2, 0.25) is 0 Å². The maximum atomic E-state index is 9.34. The second kappa shape index (κ2) is 6.54. The van der Waals surface area contributed by atoms with E-state index < -0.39 is 0 Å². The lowest BCUT2D eigenvalue weighted by atomic mass is 10.1. The largest absolute Gasteiger partial charge is 0.491 e. The molecule has 4 nitrogen and oxygen atoms in total. The van der Waals surface area contributed by atoms with Crippen molar-refractivity contribution < 1.29 is 9.84 Å². The van der Waals surface area contributed by atoms with E-state index in [1.807, 2.05) is 37.4 Å². The number of anilines is 1. The van der Waals surface area contributed by atoms with Crippen LogP contribution in [-0.2, 0) is 6.61 Å². The van der Waals surface area contributed by atoms with E-state index >= 15 is 0 Å². The van der Waals surface area contributed by atoms with Crippen molar-refractivity contribution in [3.8, 4) is 5.75 Å². The lowest BCUT2D eigenvalue weighted by molar-refractivity contribution is 0.240. The minimum Gasteiger partial charge on any atom is -0.491 e. The van der Waals surface area contributed by atoms with Gasteiger partial charge in [0, 0.05) is 22.8 Å². The Morgan fingerprint density at radius 1 is 1.45 bits per heavy atom. The van der Waals surface area contributed by atoms with Gasteiger partial charge in [0.25, 0.3) is 0 Å². The first-order valence-electron chi connectivity index (χ1n) is 6.35. The summed E-state index contributed by atoms with van der Waals surface area (Å²) in [6, 6.07) is 5.62. The van der Waals surface area contributed by atoms with Crippen LogP contribution in [0.25, 0.3) is 5.70 Å². The fourth-order valence-electron chi connectivity index (χ4n) is 1.75. The first kappa shape index (κ1) is 14.6. The molecule has 0 bridgehead atoms. The Hall–Kier alpha value is -1.85. The molecule has 0 fully saturated rings. The second-order valence-corrected chi connectivity index (χ2v) is 5.53. The average Bonchev–Trinajstić information content (AvgIpc) is 2.90. The molecule has 2 rings (SSSR count). The molecule has 0 atom stereocenters. The molecule has 1 aromatic heterocycles. The number of hydrogen-bond donors (Lipinski definition) is 2. The second-order valence-electron chi connectivity index (χ2n) is 4.63. The van der Waals surface area contributed by atoms with Crippen LogP contribution in [0.4, 0.5) is 5.13 Å². The predicted molar refractivity (Wildman–Crippen MR) is 82.9 cm³/mol. The third-order valence-electron chi connectivity index (χ3n) is 2.56. The van der Waals surface area contributed by atoms with Crippen LogP contribution < -0.4 is 10.1 Å². The molecule has 0 spiro atoms. The molecule has 0 aliphatic carbocycles. The Labute approximate surface area is 122 Å². The molecule has 20 heavy (non-hydrogen) atoms. The van der Waals surface area contributed by atoms with Crippen LogP contribution in [0.3, 0.4) is 0 Å². The number of thiazole rings is 1. The number of nitrogens with one attached hydrogen (secondary N) is 1. The van der Waals surface area contributed by atoms with Crippen LogP contribution >= 0.6 is 11.3 Å². The fraction of sp³-hybridized carbons (Fsp3) is 0.267. The summed E-state index contributed by atoms with van der Waals surface area (Å²) in [4.78, 5) is 4.16. The van der Waals surface area contributed by atoms with Crippen molar-refractivity contribution >= 4 is 22.2 Å². The molecular formula is C15H18N2O2S. The van der Waals surface area contributed by atoms with E-state index in [4.69, 9.17) is 4.74 Å². The normalized spacial score (nSPS) is 10.6. The molecule has 0 saturated heterocycles. The third-order valence-corrected chi connectivity index (χ3v) is 3.25. The summed E-state index contributed by atoms with van der Waals surface area (Å²) in [7, 11) is 0. The summed E-state index contributed by atoms with van der Waals surface area (Å²) in [5, 5.41) is 15.2. The van der Waals surface area contributed by atoms with Crippen molar-refractivity contribution in [2.45, 2.75) is 26.6 Å². The van der Waals surface area contributed by atoms with Gasteiger partial charge in [-0.2, -0.15) is 0 Å². The summed E-state index contributed by atoms with van der Waals surface area (Å²) in [6.45, 7) is 7.91. The number of ether oxygens (including phenoxy) is 1. The topological polar surface area (TPSA) is 54.4 Å². The standard InChI is InChI=1S/C15H18N2O2S/c1-10(2)19-14-7-12(9-18)6-13(8-14)11(3)17-15-16-4-5-20-15/h4-8,10,18H,3,9H2,1-2H3,(H,16,17). The highest BCUT2D eigenvalue weighted by molar-refractivity contribution is 7.13. The van der Waals surface area contributed by atoms with E-state index in [0.717, 1.165) is 27.7 Å². The lowest BCUT2D eigenvalue weighted by Crippen LogP contribution is -2.07. The summed E-state index contributed by atoms with van der Waals surface area (Å²) < 4.78 is 5.69. The maximum absolute atomic E-state index is 9.34. The summed E-state index contributed by atoms with van der Waals surface area (Å²) in [5.41, 5.74) is 2.39. The van der Waals surface area contributed by atoms with E-state index in [2.05, 4.69) is 16.9 Å². The number of nitrogens with zero attached hydrogens (tertiary/aromatic N) is 1. The molecule has 0 radical (unpaired) electrons. The highest BCUT2D eigenvalue weighted by Crippen LogP contribution is 2.25. The van der Waals surface area contributed by atoms with Crippen LogP contribution in [0.5, 0.6) is 5.75 Å². The van der Waals surface area contributed by atoms with Gasteiger partial charge < -0.3 is 15.2 Å². The fourth-order valence-corrected chi connectivity index (χ4v) is 2.31. The number of aliphatic hydroxyl groups is 1. The van der Waals surface area contributed by atoms with Crippen LogP contribution in [0.15, 0.2) is 36.4 Å².